The minimum atomic E-state index is -0.967. The summed E-state index contributed by atoms with van der Waals surface area (Å²) in [6.07, 6.45) is 3.75. The van der Waals surface area contributed by atoms with E-state index in [9.17, 15) is 9.90 Å². The molecule has 1 aliphatic rings. The molecule has 28 heavy (non-hydrogen) atoms. The number of aliphatic hydroxyl groups is 1. The highest BCUT2D eigenvalue weighted by Gasteiger charge is 2.30. The minimum absolute atomic E-state index is 0.0538. The summed E-state index contributed by atoms with van der Waals surface area (Å²) in [6, 6.07) is 19.6. The summed E-state index contributed by atoms with van der Waals surface area (Å²) < 4.78 is 11.4. The minimum Gasteiger partial charge on any atom is -0.462 e. The molecule has 1 aliphatic carbocycles. The van der Waals surface area contributed by atoms with Crippen LogP contribution in [0.15, 0.2) is 60.7 Å². The van der Waals surface area contributed by atoms with Gasteiger partial charge in [0.05, 0.1) is 12.5 Å². The Kier molecular flexibility index (Phi) is 7.63. The van der Waals surface area contributed by atoms with Gasteiger partial charge in [0.25, 0.3) is 0 Å². The first-order valence-electron chi connectivity index (χ1n) is 10.2. The largest absolute Gasteiger partial charge is 0.462 e. The Labute approximate surface area is 167 Å². The van der Waals surface area contributed by atoms with Gasteiger partial charge in [0.1, 0.15) is 6.10 Å². The molecule has 0 aliphatic heterocycles. The maximum Gasteiger partial charge on any atom is 0.309 e. The number of benzene rings is 2. The lowest BCUT2D eigenvalue weighted by molar-refractivity contribution is -0.158. The molecule has 1 N–H and O–H groups in total. The van der Waals surface area contributed by atoms with Crippen LogP contribution in [0.25, 0.3) is 0 Å². The van der Waals surface area contributed by atoms with E-state index in [1.165, 1.54) is 12.0 Å². The smallest absolute Gasteiger partial charge is 0.309 e. The van der Waals surface area contributed by atoms with Gasteiger partial charge in [0.2, 0.25) is 0 Å². The van der Waals surface area contributed by atoms with E-state index in [-0.39, 0.29) is 23.9 Å². The average molecular weight is 383 g/mol. The molecule has 4 heteroatoms. The zero-order valence-electron chi connectivity index (χ0n) is 16.5. The van der Waals surface area contributed by atoms with Crippen LogP contribution in [0.3, 0.4) is 0 Å². The summed E-state index contributed by atoms with van der Waals surface area (Å²) in [6.45, 7) is 2.17. The Bertz CT molecular complexity index is 716. The number of carbonyl (C=O) groups is 1. The van der Waals surface area contributed by atoms with Crippen LogP contribution < -0.4 is 0 Å². The highest BCUT2D eigenvalue weighted by molar-refractivity contribution is 5.72. The SMILES string of the molecule is CC(CCOC(O)c1ccccc1)C(=O)OC1CCCCC1c1ccccc1. The molecular formula is C24H30O4. The first-order chi connectivity index (χ1) is 13.6. The van der Waals surface area contributed by atoms with Crippen molar-refractivity contribution in [3.05, 3.63) is 71.8 Å². The van der Waals surface area contributed by atoms with Crippen LogP contribution in [-0.2, 0) is 14.3 Å². The van der Waals surface area contributed by atoms with Crippen molar-refractivity contribution in [3.63, 3.8) is 0 Å². The lowest BCUT2D eigenvalue weighted by atomic mass is 9.81. The van der Waals surface area contributed by atoms with Crippen molar-refractivity contribution in [2.45, 2.75) is 57.3 Å². The summed E-state index contributed by atoms with van der Waals surface area (Å²) in [5.74, 6) is -0.158. The van der Waals surface area contributed by atoms with Crippen LogP contribution in [0.1, 0.15) is 62.4 Å². The van der Waals surface area contributed by atoms with Crippen molar-refractivity contribution in [3.8, 4) is 0 Å². The van der Waals surface area contributed by atoms with Crippen LogP contribution in [0.4, 0.5) is 0 Å². The van der Waals surface area contributed by atoms with Crippen molar-refractivity contribution < 1.29 is 19.4 Å². The van der Waals surface area contributed by atoms with Gasteiger partial charge < -0.3 is 14.6 Å². The van der Waals surface area contributed by atoms with E-state index in [1.807, 2.05) is 55.5 Å². The highest BCUT2D eigenvalue weighted by Crippen LogP contribution is 2.35. The zero-order valence-corrected chi connectivity index (χ0v) is 16.5. The molecule has 0 saturated heterocycles. The first-order valence-corrected chi connectivity index (χ1v) is 10.2. The van der Waals surface area contributed by atoms with Gasteiger partial charge in [0.15, 0.2) is 6.29 Å². The second-order valence-electron chi connectivity index (χ2n) is 7.60. The van der Waals surface area contributed by atoms with E-state index in [2.05, 4.69) is 12.1 Å². The number of rotatable bonds is 8. The standard InChI is InChI=1S/C24H30O4/c1-18(16-17-27-24(26)20-12-6-3-7-13-20)23(25)28-22-15-9-8-14-21(22)19-10-4-2-5-11-19/h2-7,10-13,18,21-22,24,26H,8-9,14-17H2,1H3. The number of carbonyl (C=O) groups excluding carboxylic acids is 1. The lowest BCUT2D eigenvalue weighted by Gasteiger charge is -2.32. The average Bonchev–Trinajstić information content (AvgIpc) is 2.75. The van der Waals surface area contributed by atoms with Crippen LogP contribution in [-0.4, -0.2) is 23.8 Å². The Morgan fingerprint density at radius 2 is 1.68 bits per heavy atom. The Hall–Kier alpha value is -2.17. The van der Waals surface area contributed by atoms with Gasteiger partial charge in [-0.2, -0.15) is 0 Å². The van der Waals surface area contributed by atoms with Gasteiger partial charge in [-0.3, -0.25) is 4.79 Å². The van der Waals surface area contributed by atoms with Gasteiger partial charge in [0, 0.05) is 11.5 Å². The Balaban J connectivity index is 1.47. The highest BCUT2D eigenvalue weighted by atomic mass is 16.6. The van der Waals surface area contributed by atoms with Crippen LogP contribution in [0, 0.1) is 5.92 Å². The van der Waals surface area contributed by atoms with Crippen LogP contribution in [0.2, 0.25) is 0 Å². The molecule has 2 aromatic rings. The molecule has 0 aromatic heterocycles. The van der Waals surface area contributed by atoms with Crippen molar-refractivity contribution in [1.82, 2.24) is 0 Å². The maximum absolute atomic E-state index is 12.6. The van der Waals surface area contributed by atoms with Crippen LogP contribution in [0.5, 0.6) is 0 Å². The number of aliphatic hydroxyl groups excluding tert-OH is 1. The van der Waals surface area contributed by atoms with Gasteiger partial charge >= 0.3 is 5.97 Å². The summed E-state index contributed by atoms with van der Waals surface area (Å²) in [4.78, 5) is 12.6. The topological polar surface area (TPSA) is 55.8 Å². The van der Waals surface area contributed by atoms with Crippen molar-refractivity contribution in [2.75, 3.05) is 6.61 Å². The fraction of sp³-hybridized carbons (Fsp3) is 0.458. The van der Waals surface area contributed by atoms with Crippen LogP contribution >= 0.6 is 0 Å². The summed E-state index contributed by atoms with van der Waals surface area (Å²) in [5, 5.41) is 10.1. The second kappa shape index (κ2) is 10.4. The van der Waals surface area contributed by atoms with Crippen molar-refractivity contribution >= 4 is 5.97 Å². The molecule has 0 bridgehead atoms. The molecule has 150 valence electrons. The fourth-order valence-corrected chi connectivity index (χ4v) is 3.77. The maximum atomic E-state index is 12.6. The molecule has 0 amide bonds. The predicted octanol–water partition coefficient (Wildman–Crippen LogP) is 4.99. The molecule has 4 atom stereocenters. The number of hydrogen-bond acceptors (Lipinski definition) is 4. The first kappa shape index (κ1) is 20.6. The second-order valence-corrected chi connectivity index (χ2v) is 7.60. The van der Waals surface area contributed by atoms with E-state index in [0.717, 1.165) is 19.3 Å². The molecule has 1 saturated carbocycles. The number of esters is 1. The van der Waals surface area contributed by atoms with Gasteiger partial charge in [-0.05, 0) is 31.2 Å². The van der Waals surface area contributed by atoms with Crippen molar-refractivity contribution in [1.29, 1.82) is 0 Å². The van der Waals surface area contributed by atoms with Gasteiger partial charge in [-0.15, -0.1) is 0 Å². The molecule has 4 nitrogen and oxygen atoms in total. The zero-order chi connectivity index (χ0) is 19.8. The predicted molar refractivity (Wildman–Crippen MR) is 109 cm³/mol. The van der Waals surface area contributed by atoms with E-state index < -0.39 is 6.29 Å². The monoisotopic (exact) mass is 382 g/mol. The summed E-state index contributed by atoms with van der Waals surface area (Å²) in [5.41, 5.74) is 1.97. The molecule has 4 unspecified atom stereocenters. The van der Waals surface area contributed by atoms with E-state index >= 15 is 0 Å². The van der Waals surface area contributed by atoms with Crippen molar-refractivity contribution in [2.24, 2.45) is 5.92 Å². The number of hydrogen-bond donors (Lipinski definition) is 1. The van der Waals surface area contributed by atoms with Gasteiger partial charge in [-0.25, -0.2) is 0 Å². The summed E-state index contributed by atoms with van der Waals surface area (Å²) >= 11 is 0. The quantitative estimate of drug-likeness (QED) is 0.516. The fourth-order valence-electron chi connectivity index (χ4n) is 3.77. The number of ether oxygens (including phenoxy) is 2. The van der Waals surface area contributed by atoms with E-state index in [4.69, 9.17) is 9.47 Å². The molecule has 3 rings (SSSR count). The Morgan fingerprint density at radius 1 is 1.04 bits per heavy atom. The van der Waals surface area contributed by atoms with Gasteiger partial charge in [-0.1, -0.05) is 74.0 Å². The Morgan fingerprint density at radius 3 is 2.39 bits per heavy atom. The molecule has 2 aromatic carbocycles. The normalized spacial score (nSPS) is 21.6. The molecule has 1 fully saturated rings. The molecule has 0 spiro atoms. The molecule has 0 radical (unpaired) electrons. The molecular weight excluding hydrogens is 352 g/mol. The van der Waals surface area contributed by atoms with E-state index in [1.54, 1.807) is 0 Å². The lowest BCUT2D eigenvalue weighted by Crippen LogP contribution is -2.31. The third-order valence-electron chi connectivity index (χ3n) is 5.51. The third-order valence-corrected chi connectivity index (χ3v) is 5.51. The third kappa shape index (κ3) is 5.66. The molecule has 0 heterocycles. The summed E-state index contributed by atoms with van der Waals surface area (Å²) in [7, 11) is 0. The van der Waals surface area contributed by atoms with E-state index in [0.29, 0.717) is 18.6 Å².